The van der Waals surface area contributed by atoms with Gasteiger partial charge < -0.3 is 19.1 Å². The number of nitrogens with one attached hydrogen (secondary N) is 1. The van der Waals surface area contributed by atoms with Crippen LogP contribution in [-0.4, -0.2) is 36.9 Å². The Morgan fingerprint density at radius 1 is 1.09 bits per heavy atom. The first kappa shape index (κ1) is 22.9. The van der Waals surface area contributed by atoms with E-state index in [1.54, 1.807) is 37.5 Å². The third-order valence-electron chi connectivity index (χ3n) is 4.64. The maximum Gasteiger partial charge on any atom is 0.335 e. The molecule has 0 bridgehead atoms. The monoisotopic (exact) mass is 458 g/mol. The van der Waals surface area contributed by atoms with Gasteiger partial charge in [-0.25, -0.2) is 13.2 Å². The molecule has 0 fully saturated rings. The van der Waals surface area contributed by atoms with Gasteiger partial charge in [-0.15, -0.1) is 0 Å². The molecular formula is C22H22N2O7S. The van der Waals surface area contributed by atoms with Crippen LogP contribution in [0.3, 0.4) is 0 Å². The topological polar surface area (TPSA) is 124 Å². The summed E-state index contributed by atoms with van der Waals surface area (Å²) in [6.07, 6.45) is 1.55. The first-order valence-corrected chi connectivity index (χ1v) is 11.2. The van der Waals surface area contributed by atoms with E-state index in [0.29, 0.717) is 22.6 Å². The highest BCUT2D eigenvalue weighted by atomic mass is 32.2. The summed E-state index contributed by atoms with van der Waals surface area (Å²) >= 11 is 0. The molecule has 2 aromatic carbocycles. The van der Waals surface area contributed by atoms with Crippen molar-refractivity contribution in [2.75, 3.05) is 17.6 Å². The molecule has 0 spiro atoms. The van der Waals surface area contributed by atoms with Crippen molar-refractivity contribution in [2.24, 2.45) is 7.05 Å². The number of benzene rings is 2. The van der Waals surface area contributed by atoms with Crippen LogP contribution in [0.4, 0.5) is 5.69 Å². The number of carboxylic acid groups (broad SMARTS) is 1. The van der Waals surface area contributed by atoms with E-state index in [0.717, 1.165) is 0 Å². The molecule has 0 saturated carbocycles. The van der Waals surface area contributed by atoms with Gasteiger partial charge in [0.15, 0.2) is 0 Å². The number of carboxylic acids is 1. The standard InChI is InChI=1S/C22H22N2O7S/c1-4-32(28,29)23-15-8-9-19(31-16-7-5-6-14(10-16)22(26)27)17(11-15)18-13-24(2)21(25)12-20(18)30-3/h5-13,23H,4H2,1-3H3,(H,26,27). The van der Waals surface area contributed by atoms with Crippen molar-refractivity contribution in [1.82, 2.24) is 4.57 Å². The van der Waals surface area contributed by atoms with Crippen LogP contribution in [0.2, 0.25) is 0 Å². The summed E-state index contributed by atoms with van der Waals surface area (Å²) in [5.74, 6) is -0.348. The van der Waals surface area contributed by atoms with Crippen molar-refractivity contribution in [3.8, 4) is 28.4 Å². The third kappa shape index (κ3) is 5.09. The van der Waals surface area contributed by atoms with Gasteiger partial charge in [-0.3, -0.25) is 9.52 Å². The van der Waals surface area contributed by atoms with Crippen molar-refractivity contribution in [1.29, 1.82) is 0 Å². The van der Waals surface area contributed by atoms with Crippen LogP contribution in [0.25, 0.3) is 11.1 Å². The summed E-state index contributed by atoms with van der Waals surface area (Å²) in [4.78, 5) is 23.3. The number of pyridine rings is 1. The smallest absolute Gasteiger partial charge is 0.335 e. The van der Waals surface area contributed by atoms with E-state index in [4.69, 9.17) is 9.47 Å². The fourth-order valence-corrected chi connectivity index (χ4v) is 3.58. The summed E-state index contributed by atoms with van der Waals surface area (Å²) in [6.45, 7) is 1.52. The highest BCUT2D eigenvalue weighted by molar-refractivity contribution is 7.92. The molecule has 0 atom stereocenters. The number of aromatic carboxylic acids is 1. The van der Waals surface area contributed by atoms with Crippen LogP contribution < -0.4 is 19.8 Å². The van der Waals surface area contributed by atoms with Gasteiger partial charge in [0.1, 0.15) is 17.2 Å². The molecule has 9 nitrogen and oxygen atoms in total. The Hall–Kier alpha value is -3.79. The molecule has 168 valence electrons. The lowest BCUT2D eigenvalue weighted by Gasteiger charge is -2.17. The number of carbonyl (C=O) groups is 1. The second kappa shape index (κ2) is 9.15. The molecule has 0 radical (unpaired) electrons. The van der Waals surface area contributed by atoms with Crippen LogP contribution in [0, 0.1) is 0 Å². The average molecular weight is 458 g/mol. The van der Waals surface area contributed by atoms with Crippen LogP contribution in [0.1, 0.15) is 17.3 Å². The minimum atomic E-state index is -3.53. The molecule has 0 aliphatic rings. The highest BCUT2D eigenvalue weighted by Crippen LogP contribution is 2.39. The van der Waals surface area contributed by atoms with Crippen molar-refractivity contribution >= 4 is 21.7 Å². The molecule has 3 rings (SSSR count). The quantitative estimate of drug-likeness (QED) is 0.531. The molecular weight excluding hydrogens is 436 g/mol. The van der Waals surface area contributed by atoms with Crippen molar-refractivity contribution in [3.05, 3.63) is 70.6 Å². The number of ether oxygens (including phenoxy) is 2. The Bertz CT molecular complexity index is 1330. The summed E-state index contributed by atoms with van der Waals surface area (Å²) in [6, 6.07) is 11.9. The molecule has 0 amide bonds. The largest absolute Gasteiger partial charge is 0.496 e. The lowest BCUT2D eigenvalue weighted by molar-refractivity contribution is 0.0696. The number of aryl methyl sites for hydroxylation is 1. The highest BCUT2D eigenvalue weighted by Gasteiger charge is 2.17. The normalized spacial score (nSPS) is 11.1. The Morgan fingerprint density at radius 3 is 2.50 bits per heavy atom. The average Bonchev–Trinajstić information content (AvgIpc) is 2.76. The lowest BCUT2D eigenvalue weighted by Crippen LogP contribution is -2.16. The Kier molecular flexibility index (Phi) is 6.54. The number of hydrogen-bond acceptors (Lipinski definition) is 6. The predicted octanol–water partition coefficient (Wildman–Crippen LogP) is 3.31. The summed E-state index contributed by atoms with van der Waals surface area (Å²) < 4.78 is 39.3. The van der Waals surface area contributed by atoms with E-state index in [1.807, 2.05) is 0 Å². The van der Waals surface area contributed by atoms with Crippen molar-refractivity contribution in [2.45, 2.75) is 6.92 Å². The Morgan fingerprint density at radius 2 is 1.84 bits per heavy atom. The number of methoxy groups -OCH3 is 1. The van der Waals surface area contributed by atoms with Crippen LogP contribution in [0.15, 0.2) is 59.5 Å². The molecule has 1 heterocycles. The third-order valence-corrected chi connectivity index (χ3v) is 5.95. The minimum absolute atomic E-state index is 0.0519. The molecule has 3 aromatic rings. The Labute approximate surface area is 184 Å². The summed E-state index contributed by atoms with van der Waals surface area (Å²) in [5.41, 5.74) is 0.983. The van der Waals surface area contributed by atoms with E-state index >= 15 is 0 Å². The van der Waals surface area contributed by atoms with E-state index in [9.17, 15) is 23.1 Å². The summed E-state index contributed by atoms with van der Waals surface area (Å²) in [7, 11) is -0.541. The zero-order valence-electron chi connectivity index (χ0n) is 17.7. The molecule has 0 aliphatic heterocycles. The number of hydrogen-bond donors (Lipinski definition) is 2. The molecule has 2 N–H and O–H groups in total. The number of aromatic nitrogens is 1. The molecule has 0 saturated heterocycles. The number of rotatable bonds is 8. The zero-order chi connectivity index (χ0) is 23.5. The summed E-state index contributed by atoms with van der Waals surface area (Å²) in [5, 5.41) is 9.23. The fourth-order valence-electron chi connectivity index (χ4n) is 2.95. The maximum atomic E-state index is 12.1. The van der Waals surface area contributed by atoms with Crippen LogP contribution in [-0.2, 0) is 17.1 Å². The maximum absolute atomic E-state index is 12.1. The van der Waals surface area contributed by atoms with Gasteiger partial charge in [-0.05, 0) is 43.3 Å². The fraction of sp³-hybridized carbons (Fsp3) is 0.182. The minimum Gasteiger partial charge on any atom is -0.496 e. The van der Waals surface area contributed by atoms with E-state index in [-0.39, 0.29) is 28.4 Å². The second-order valence-electron chi connectivity index (χ2n) is 6.86. The van der Waals surface area contributed by atoms with E-state index < -0.39 is 16.0 Å². The van der Waals surface area contributed by atoms with Gasteiger partial charge in [-0.2, -0.15) is 0 Å². The van der Waals surface area contributed by atoms with Crippen LogP contribution in [0.5, 0.6) is 17.2 Å². The van der Waals surface area contributed by atoms with Gasteiger partial charge in [-0.1, -0.05) is 6.07 Å². The van der Waals surface area contributed by atoms with Crippen molar-refractivity contribution < 1.29 is 27.8 Å². The SMILES string of the molecule is CCS(=O)(=O)Nc1ccc(Oc2cccc(C(=O)O)c2)c(-c2cn(C)c(=O)cc2OC)c1. The number of sulfonamides is 1. The molecule has 32 heavy (non-hydrogen) atoms. The number of anilines is 1. The predicted molar refractivity (Wildman–Crippen MR) is 120 cm³/mol. The van der Waals surface area contributed by atoms with Gasteiger partial charge in [0, 0.05) is 36.1 Å². The lowest BCUT2D eigenvalue weighted by atomic mass is 10.0. The second-order valence-corrected chi connectivity index (χ2v) is 8.87. The first-order chi connectivity index (χ1) is 15.1. The molecule has 0 aliphatic carbocycles. The van der Waals surface area contributed by atoms with Crippen LogP contribution >= 0.6 is 0 Å². The van der Waals surface area contributed by atoms with Gasteiger partial charge in [0.25, 0.3) is 5.56 Å². The zero-order valence-corrected chi connectivity index (χ0v) is 18.5. The molecule has 0 unspecified atom stereocenters. The molecule has 10 heteroatoms. The Balaban J connectivity index is 2.18. The van der Waals surface area contributed by atoms with Gasteiger partial charge >= 0.3 is 5.97 Å². The molecule has 1 aromatic heterocycles. The number of nitrogens with zero attached hydrogens (tertiary/aromatic N) is 1. The van der Waals surface area contributed by atoms with Gasteiger partial charge in [0.2, 0.25) is 10.0 Å². The van der Waals surface area contributed by atoms with E-state index in [2.05, 4.69) is 4.72 Å². The first-order valence-electron chi connectivity index (χ1n) is 9.54. The van der Waals surface area contributed by atoms with Crippen molar-refractivity contribution in [3.63, 3.8) is 0 Å². The van der Waals surface area contributed by atoms with E-state index in [1.165, 1.54) is 42.9 Å². The van der Waals surface area contributed by atoms with Gasteiger partial charge in [0.05, 0.1) is 18.4 Å².